The number of nitrogens with one attached hydrogen (secondary N) is 1. The molecule has 0 bridgehead atoms. The fraction of sp³-hybridized carbons (Fsp3) is 0.263. The van der Waals surface area contributed by atoms with Gasteiger partial charge < -0.3 is 15.0 Å². The van der Waals surface area contributed by atoms with Crippen LogP contribution in [-0.2, 0) is 9.59 Å². The van der Waals surface area contributed by atoms with Crippen LogP contribution in [0.4, 0.5) is 20.2 Å². The average Bonchev–Trinajstić information content (AvgIpc) is 2.99. The summed E-state index contributed by atoms with van der Waals surface area (Å²) in [4.78, 5) is 25.8. The Morgan fingerprint density at radius 1 is 1.23 bits per heavy atom. The number of hydrogen-bond donors (Lipinski definition) is 1. The molecule has 0 spiro atoms. The summed E-state index contributed by atoms with van der Waals surface area (Å²) in [7, 11) is 0. The number of carbonyl (C=O) groups is 2. The Bertz CT molecular complexity index is 824. The van der Waals surface area contributed by atoms with Gasteiger partial charge in [-0.3, -0.25) is 9.59 Å². The van der Waals surface area contributed by atoms with Crippen LogP contribution in [0.1, 0.15) is 13.3 Å². The number of rotatable bonds is 5. The maximum atomic E-state index is 13.9. The van der Waals surface area contributed by atoms with E-state index in [1.54, 1.807) is 24.3 Å². The first kappa shape index (κ1) is 17.8. The van der Waals surface area contributed by atoms with Crippen LogP contribution in [0.5, 0.6) is 5.75 Å². The van der Waals surface area contributed by atoms with Crippen molar-refractivity contribution in [2.45, 2.75) is 13.3 Å². The van der Waals surface area contributed by atoms with E-state index in [2.05, 4.69) is 5.32 Å². The van der Waals surface area contributed by atoms with E-state index >= 15 is 0 Å². The Morgan fingerprint density at radius 2 is 1.96 bits per heavy atom. The molecule has 2 aromatic carbocycles. The molecule has 5 nitrogen and oxygen atoms in total. The van der Waals surface area contributed by atoms with E-state index in [4.69, 9.17) is 4.74 Å². The zero-order valence-corrected chi connectivity index (χ0v) is 14.2. The quantitative estimate of drug-likeness (QED) is 0.890. The molecule has 1 atom stereocenters. The van der Waals surface area contributed by atoms with Crippen LogP contribution < -0.4 is 15.0 Å². The van der Waals surface area contributed by atoms with Gasteiger partial charge in [-0.15, -0.1) is 0 Å². The van der Waals surface area contributed by atoms with Gasteiger partial charge in [-0.1, -0.05) is 0 Å². The normalized spacial score (nSPS) is 16.7. The van der Waals surface area contributed by atoms with E-state index in [1.165, 1.54) is 11.0 Å². The predicted molar refractivity (Wildman–Crippen MR) is 93.1 cm³/mol. The van der Waals surface area contributed by atoms with Gasteiger partial charge in [0, 0.05) is 24.7 Å². The highest BCUT2D eigenvalue weighted by molar-refractivity contribution is 6.03. The molecule has 1 N–H and O–H groups in total. The SMILES string of the molecule is CCOc1ccc(NC(=O)C2CC(=O)N(c3ccc(F)cc3F)C2)cc1. The van der Waals surface area contributed by atoms with Crippen molar-refractivity contribution in [3.05, 3.63) is 54.1 Å². The Morgan fingerprint density at radius 3 is 2.62 bits per heavy atom. The molecule has 26 heavy (non-hydrogen) atoms. The number of halogens is 2. The molecule has 1 aliphatic heterocycles. The van der Waals surface area contributed by atoms with Crippen molar-refractivity contribution in [3.63, 3.8) is 0 Å². The second-order valence-corrected chi connectivity index (χ2v) is 5.95. The molecule has 136 valence electrons. The van der Waals surface area contributed by atoms with Gasteiger partial charge in [-0.2, -0.15) is 0 Å². The summed E-state index contributed by atoms with van der Waals surface area (Å²) in [5.74, 6) is -2.17. The van der Waals surface area contributed by atoms with Gasteiger partial charge >= 0.3 is 0 Å². The highest BCUT2D eigenvalue weighted by Gasteiger charge is 2.36. The van der Waals surface area contributed by atoms with Gasteiger partial charge in [0.05, 0.1) is 18.2 Å². The van der Waals surface area contributed by atoms with Crippen molar-refractivity contribution in [2.24, 2.45) is 5.92 Å². The van der Waals surface area contributed by atoms with Crippen molar-refractivity contribution in [3.8, 4) is 5.75 Å². The monoisotopic (exact) mass is 360 g/mol. The van der Waals surface area contributed by atoms with Crippen LogP contribution in [0, 0.1) is 17.6 Å². The molecule has 2 amide bonds. The third kappa shape index (κ3) is 3.82. The highest BCUT2D eigenvalue weighted by atomic mass is 19.1. The Hall–Kier alpha value is -2.96. The maximum absolute atomic E-state index is 13.9. The molecular formula is C19H18F2N2O3. The van der Waals surface area contributed by atoms with Crippen LogP contribution in [0.15, 0.2) is 42.5 Å². The fourth-order valence-corrected chi connectivity index (χ4v) is 2.86. The van der Waals surface area contributed by atoms with Crippen molar-refractivity contribution < 1.29 is 23.1 Å². The second-order valence-electron chi connectivity index (χ2n) is 5.95. The smallest absolute Gasteiger partial charge is 0.229 e. The number of nitrogens with zero attached hydrogens (tertiary/aromatic N) is 1. The summed E-state index contributed by atoms with van der Waals surface area (Å²) < 4.78 is 32.3. The molecule has 1 aliphatic rings. The largest absolute Gasteiger partial charge is 0.494 e. The number of anilines is 2. The first-order chi connectivity index (χ1) is 12.5. The van der Waals surface area contributed by atoms with Gasteiger partial charge in [0.2, 0.25) is 11.8 Å². The highest BCUT2D eigenvalue weighted by Crippen LogP contribution is 2.28. The lowest BCUT2D eigenvalue weighted by atomic mass is 10.1. The minimum absolute atomic E-state index is 0.0206. The fourth-order valence-electron chi connectivity index (χ4n) is 2.86. The first-order valence-corrected chi connectivity index (χ1v) is 8.27. The van der Waals surface area contributed by atoms with Crippen LogP contribution in [0.2, 0.25) is 0 Å². The molecule has 0 aliphatic carbocycles. The molecule has 7 heteroatoms. The van der Waals surface area contributed by atoms with E-state index in [0.29, 0.717) is 18.0 Å². The molecule has 1 fully saturated rings. The maximum Gasteiger partial charge on any atom is 0.229 e. The molecule has 1 heterocycles. The van der Waals surface area contributed by atoms with E-state index in [0.717, 1.165) is 12.1 Å². The molecule has 3 rings (SSSR count). The minimum atomic E-state index is -0.828. The summed E-state index contributed by atoms with van der Waals surface area (Å²) in [5.41, 5.74) is 0.560. The van der Waals surface area contributed by atoms with Gasteiger partial charge in [0.25, 0.3) is 0 Å². The van der Waals surface area contributed by atoms with Crippen LogP contribution in [0.25, 0.3) is 0 Å². The summed E-state index contributed by atoms with van der Waals surface area (Å²) in [5, 5.41) is 2.74. The van der Waals surface area contributed by atoms with E-state index in [1.807, 2.05) is 6.92 Å². The molecular weight excluding hydrogens is 342 g/mol. The lowest BCUT2D eigenvalue weighted by Gasteiger charge is -2.17. The van der Waals surface area contributed by atoms with Crippen molar-refractivity contribution >= 4 is 23.2 Å². The van der Waals surface area contributed by atoms with Crippen LogP contribution in [-0.4, -0.2) is 25.0 Å². The van der Waals surface area contributed by atoms with Crippen molar-refractivity contribution in [1.29, 1.82) is 0 Å². The zero-order chi connectivity index (χ0) is 18.7. The van der Waals surface area contributed by atoms with Crippen molar-refractivity contribution in [2.75, 3.05) is 23.4 Å². The lowest BCUT2D eigenvalue weighted by Crippen LogP contribution is -2.28. The second kappa shape index (κ2) is 7.51. The Kier molecular flexibility index (Phi) is 5.16. The number of ether oxygens (including phenoxy) is 1. The minimum Gasteiger partial charge on any atom is -0.494 e. The first-order valence-electron chi connectivity index (χ1n) is 8.27. The summed E-state index contributed by atoms with van der Waals surface area (Å²) in [6, 6.07) is 9.89. The number of carbonyl (C=O) groups excluding carboxylic acids is 2. The van der Waals surface area contributed by atoms with E-state index < -0.39 is 17.6 Å². The summed E-state index contributed by atoms with van der Waals surface area (Å²) in [6.07, 6.45) is -0.0281. The third-order valence-corrected chi connectivity index (χ3v) is 4.13. The lowest BCUT2D eigenvalue weighted by molar-refractivity contribution is -0.122. The van der Waals surface area contributed by atoms with Crippen molar-refractivity contribution in [1.82, 2.24) is 0 Å². The van der Waals surface area contributed by atoms with Crippen LogP contribution in [0.3, 0.4) is 0 Å². The molecule has 0 aromatic heterocycles. The van der Waals surface area contributed by atoms with Gasteiger partial charge in [-0.05, 0) is 43.3 Å². The zero-order valence-electron chi connectivity index (χ0n) is 14.2. The van der Waals surface area contributed by atoms with Gasteiger partial charge in [0.1, 0.15) is 17.4 Å². The number of hydrogen-bond acceptors (Lipinski definition) is 3. The van der Waals surface area contributed by atoms with E-state index in [9.17, 15) is 18.4 Å². The molecule has 0 radical (unpaired) electrons. The topological polar surface area (TPSA) is 58.6 Å². The molecule has 2 aromatic rings. The summed E-state index contributed by atoms with van der Waals surface area (Å²) in [6.45, 7) is 2.47. The molecule has 1 unspecified atom stereocenters. The standard InChI is InChI=1S/C19H18F2N2O3/c1-2-26-15-6-4-14(5-7-15)22-19(25)12-9-18(24)23(11-12)17-8-3-13(20)10-16(17)21/h3-8,10,12H,2,9,11H2,1H3,(H,22,25). The van der Waals surface area contributed by atoms with Crippen LogP contribution >= 0.6 is 0 Å². The molecule has 1 saturated heterocycles. The molecule has 0 saturated carbocycles. The number of amides is 2. The number of benzene rings is 2. The van der Waals surface area contributed by atoms with Gasteiger partial charge in [-0.25, -0.2) is 8.78 Å². The predicted octanol–water partition coefficient (Wildman–Crippen LogP) is 3.36. The summed E-state index contributed by atoms with van der Waals surface area (Å²) >= 11 is 0. The Balaban J connectivity index is 1.66. The third-order valence-electron chi connectivity index (χ3n) is 4.13. The average molecular weight is 360 g/mol. The van der Waals surface area contributed by atoms with Gasteiger partial charge in [0.15, 0.2) is 0 Å². The van der Waals surface area contributed by atoms with E-state index in [-0.39, 0.29) is 30.5 Å². The Labute approximate surface area is 149 Å².